The van der Waals surface area contributed by atoms with Crippen molar-refractivity contribution >= 4 is 5.91 Å². The highest BCUT2D eigenvalue weighted by molar-refractivity contribution is 5.95. The van der Waals surface area contributed by atoms with Gasteiger partial charge in [-0.2, -0.15) is 13.2 Å². The zero-order valence-electron chi connectivity index (χ0n) is 14.8. The number of halogens is 3. The fourth-order valence-corrected chi connectivity index (χ4v) is 3.39. The summed E-state index contributed by atoms with van der Waals surface area (Å²) in [6.07, 6.45) is 1.84. The quantitative estimate of drug-likeness (QED) is 0.835. The minimum absolute atomic E-state index is 0.0864. The normalized spacial score (nSPS) is 17.0. The summed E-state index contributed by atoms with van der Waals surface area (Å²) in [7, 11) is 1.73. The molecule has 0 saturated carbocycles. The van der Waals surface area contributed by atoms with Gasteiger partial charge in [0.25, 0.3) is 5.91 Å². The molecule has 0 fully saturated rings. The topological polar surface area (TPSA) is 51.0 Å². The van der Waals surface area contributed by atoms with Crippen LogP contribution in [0.3, 0.4) is 0 Å². The monoisotopic (exact) mass is 366 g/mol. The Morgan fingerprint density at radius 2 is 2.19 bits per heavy atom. The van der Waals surface area contributed by atoms with Crippen LogP contribution in [0.25, 0.3) is 0 Å². The van der Waals surface area contributed by atoms with Crippen LogP contribution in [0.4, 0.5) is 13.2 Å². The van der Waals surface area contributed by atoms with Crippen molar-refractivity contribution in [3.63, 3.8) is 0 Å². The molecule has 0 spiro atoms. The smallest absolute Gasteiger partial charge is 0.341 e. The number of carbonyl (C=O) groups excluding carboxylic acids is 1. The maximum Gasteiger partial charge on any atom is 0.434 e. The largest absolute Gasteiger partial charge is 0.434 e. The molecule has 1 atom stereocenters. The molecule has 0 unspecified atom stereocenters. The predicted octanol–water partition coefficient (Wildman–Crippen LogP) is 3.19. The standard InChI is InChI=1S/C18H21F3N4O/c1-3-13-8-22-7-6-14(13)17(26)24(2)9-12-4-5-16-23-15(18(19,20)21)11-25(16)10-12/h6-8,11-12H,3-5,9-10H2,1-2H3/t12-/m0/s1. The van der Waals surface area contributed by atoms with E-state index in [1.165, 1.54) is 0 Å². The third-order valence-corrected chi connectivity index (χ3v) is 4.77. The number of amides is 1. The zero-order chi connectivity index (χ0) is 18.9. The first-order chi connectivity index (χ1) is 12.3. The van der Waals surface area contributed by atoms with Crippen molar-refractivity contribution in [3.8, 4) is 0 Å². The van der Waals surface area contributed by atoms with Gasteiger partial charge in [0.1, 0.15) is 5.82 Å². The molecule has 3 rings (SSSR count). The minimum Gasteiger partial charge on any atom is -0.341 e. The highest BCUT2D eigenvalue weighted by atomic mass is 19.4. The van der Waals surface area contributed by atoms with Gasteiger partial charge in [0.15, 0.2) is 5.69 Å². The number of hydrogen-bond acceptors (Lipinski definition) is 3. The van der Waals surface area contributed by atoms with Crippen LogP contribution in [0.1, 0.15) is 40.8 Å². The third kappa shape index (κ3) is 3.73. The molecule has 2 aromatic heterocycles. The molecule has 140 valence electrons. The van der Waals surface area contributed by atoms with Crippen molar-refractivity contribution in [1.82, 2.24) is 19.4 Å². The summed E-state index contributed by atoms with van der Waals surface area (Å²) >= 11 is 0. The molecule has 2 aromatic rings. The van der Waals surface area contributed by atoms with E-state index in [9.17, 15) is 18.0 Å². The van der Waals surface area contributed by atoms with E-state index in [1.807, 2.05) is 6.92 Å². The fraction of sp³-hybridized carbons (Fsp3) is 0.500. The van der Waals surface area contributed by atoms with Crippen LogP contribution in [0.5, 0.6) is 0 Å². The first-order valence-corrected chi connectivity index (χ1v) is 8.61. The van der Waals surface area contributed by atoms with E-state index in [-0.39, 0.29) is 11.8 Å². The molecule has 3 heterocycles. The van der Waals surface area contributed by atoms with Crippen molar-refractivity contribution in [2.24, 2.45) is 5.92 Å². The second-order valence-corrected chi connectivity index (χ2v) is 6.67. The van der Waals surface area contributed by atoms with E-state index < -0.39 is 11.9 Å². The van der Waals surface area contributed by atoms with E-state index in [0.29, 0.717) is 43.7 Å². The van der Waals surface area contributed by atoms with Crippen molar-refractivity contribution in [3.05, 3.63) is 47.3 Å². The molecule has 8 heteroatoms. The maximum atomic E-state index is 12.8. The summed E-state index contributed by atoms with van der Waals surface area (Å²) in [6, 6.07) is 1.71. The van der Waals surface area contributed by atoms with E-state index in [0.717, 1.165) is 11.8 Å². The average molecular weight is 366 g/mol. The Morgan fingerprint density at radius 1 is 1.42 bits per heavy atom. The Balaban J connectivity index is 1.68. The van der Waals surface area contributed by atoms with Gasteiger partial charge in [-0.25, -0.2) is 4.98 Å². The fourth-order valence-electron chi connectivity index (χ4n) is 3.39. The molecule has 1 aliphatic heterocycles. The Morgan fingerprint density at radius 3 is 2.88 bits per heavy atom. The minimum atomic E-state index is -4.43. The van der Waals surface area contributed by atoms with Gasteiger partial charge in [-0.05, 0) is 30.4 Å². The van der Waals surface area contributed by atoms with Gasteiger partial charge in [0.2, 0.25) is 0 Å². The summed E-state index contributed by atoms with van der Waals surface area (Å²) in [4.78, 5) is 22.1. The van der Waals surface area contributed by atoms with Crippen molar-refractivity contribution in [2.45, 2.75) is 38.9 Å². The molecule has 0 radical (unpaired) electrons. The van der Waals surface area contributed by atoms with Gasteiger partial charge in [-0.15, -0.1) is 0 Å². The van der Waals surface area contributed by atoms with Crippen LogP contribution in [0.2, 0.25) is 0 Å². The number of hydrogen-bond donors (Lipinski definition) is 0. The number of carbonyl (C=O) groups is 1. The highest BCUT2D eigenvalue weighted by Crippen LogP contribution is 2.30. The van der Waals surface area contributed by atoms with Crippen LogP contribution in [0, 0.1) is 5.92 Å². The molecule has 26 heavy (non-hydrogen) atoms. The van der Waals surface area contributed by atoms with Crippen molar-refractivity contribution in [1.29, 1.82) is 0 Å². The molecule has 0 N–H and O–H groups in total. The van der Waals surface area contributed by atoms with E-state index in [4.69, 9.17) is 0 Å². The van der Waals surface area contributed by atoms with Crippen LogP contribution < -0.4 is 0 Å². The lowest BCUT2D eigenvalue weighted by atomic mass is 9.98. The number of nitrogens with zero attached hydrogens (tertiary/aromatic N) is 4. The van der Waals surface area contributed by atoms with Crippen molar-refractivity contribution in [2.75, 3.05) is 13.6 Å². The Labute approximate surface area is 149 Å². The van der Waals surface area contributed by atoms with Crippen LogP contribution in [-0.4, -0.2) is 38.9 Å². The molecule has 0 aromatic carbocycles. The predicted molar refractivity (Wildman–Crippen MR) is 89.6 cm³/mol. The number of aryl methyl sites for hydroxylation is 2. The number of pyridine rings is 1. The number of alkyl halides is 3. The Hall–Kier alpha value is -2.38. The maximum absolute atomic E-state index is 12.8. The molecule has 0 bridgehead atoms. The zero-order valence-corrected chi connectivity index (χ0v) is 14.8. The SMILES string of the molecule is CCc1cnccc1C(=O)N(C)C[C@@H]1CCc2nc(C(F)(F)F)cn2C1. The van der Waals surface area contributed by atoms with Crippen LogP contribution >= 0.6 is 0 Å². The van der Waals surface area contributed by atoms with Gasteiger partial charge < -0.3 is 9.47 Å². The summed E-state index contributed by atoms with van der Waals surface area (Å²) in [5.74, 6) is 0.472. The second-order valence-electron chi connectivity index (χ2n) is 6.67. The van der Waals surface area contributed by atoms with E-state index >= 15 is 0 Å². The third-order valence-electron chi connectivity index (χ3n) is 4.77. The summed E-state index contributed by atoms with van der Waals surface area (Å²) in [6.45, 7) is 2.89. The Kier molecular flexibility index (Phi) is 5.02. The number of imidazole rings is 1. The number of fused-ring (bicyclic) bond motifs is 1. The lowest BCUT2D eigenvalue weighted by Crippen LogP contribution is -2.35. The second kappa shape index (κ2) is 7.09. The first-order valence-electron chi connectivity index (χ1n) is 8.61. The van der Waals surface area contributed by atoms with Gasteiger partial charge in [0.05, 0.1) is 0 Å². The van der Waals surface area contributed by atoms with Gasteiger partial charge in [-0.3, -0.25) is 9.78 Å². The Bertz CT molecular complexity index is 800. The summed E-state index contributed by atoms with van der Waals surface area (Å²) in [5, 5.41) is 0. The highest BCUT2D eigenvalue weighted by Gasteiger charge is 2.36. The lowest BCUT2D eigenvalue weighted by Gasteiger charge is -2.28. The van der Waals surface area contributed by atoms with Crippen molar-refractivity contribution < 1.29 is 18.0 Å². The molecule has 5 nitrogen and oxygen atoms in total. The van der Waals surface area contributed by atoms with Gasteiger partial charge >= 0.3 is 6.18 Å². The molecular weight excluding hydrogens is 345 g/mol. The molecule has 0 saturated heterocycles. The lowest BCUT2D eigenvalue weighted by molar-refractivity contribution is -0.141. The van der Waals surface area contributed by atoms with E-state index in [1.54, 1.807) is 35.0 Å². The average Bonchev–Trinajstić information content (AvgIpc) is 3.04. The molecule has 1 amide bonds. The molecular formula is C18H21F3N4O. The first kappa shape index (κ1) is 18.4. The number of aromatic nitrogens is 3. The van der Waals surface area contributed by atoms with Crippen LogP contribution in [0.15, 0.2) is 24.7 Å². The molecule has 1 aliphatic rings. The van der Waals surface area contributed by atoms with Gasteiger partial charge in [0, 0.05) is 50.7 Å². The number of rotatable bonds is 4. The molecule has 0 aliphatic carbocycles. The van der Waals surface area contributed by atoms with E-state index in [2.05, 4.69) is 9.97 Å². The van der Waals surface area contributed by atoms with Crippen LogP contribution in [-0.2, 0) is 25.6 Å². The summed E-state index contributed by atoms with van der Waals surface area (Å²) in [5.41, 5.74) is 0.671. The summed E-state index contributed by atoms with van der Waals surface area (Å²) < 4.78 is 40.0. The van der Waals surface area contributed by atoms with Gasteiger partial charge in [-0.1, -0.05) is 6.92 Å².